The van der Waals surface area contributed by atoms with Crippen LogP contribution in [0.25, 0.3) is 0 Å². The number of amides is 1. The fraction of sp³-hybridized carbons (Fsp3) is 0.562. The first-order valence-electron chi connectivity index (χ1n) is 7.35. The second kappa shape index (κ2) is 4.47. The van der Waals surface area contributed by atoms with Gasteiger partial charge in [-0.15, -0.1) is 12.4 Å². The molecule has 1 aliphatic heterocycles. The van der Waals surface area contributed by atoms with E-state index in [4.69, 9.17) is 5.73 Å². The molecule has 3 aliphatic rings. The minimum Gasteiger partial charge on any atom is -0.317 e. The van der Waals surface area contributed by atoms with Gasteiger partial charge in [-0.2, -0.15) is 0 Å². The number of hydrogen-bond donors (Lipinski definition) is 1. The highest BCUT2D eigenvalue weighted by Crippen LogP contribution is 2.56. The predicted molar refractivity (Wildman–Crippen MR) is 82.3 cm³/mol. The number of halogens is 1. The Morgan fingerprint density at radius 3 is 2.40 bits per heavy atom. The fourth-order valence-corrected chi connectivity index (χ4v) is 3.88. The average Bonchev–Trinajstić information content (AvgIpc) is 2.95. The molecule has 2 aliphatic carbocycles. The second-order valence-electron chi connectivity index (χ2n) is 6.55. The SMILES string of the molecule is Cl.NC1(C(=O)N2CC3(CC3)c3ccccc32)CCCC1. The van der Waals surface area contributed by atoms with Crippen molar-refractivity contribution in [3.05, 3.63) is 29.8 Å². The van der Waals surface area contributed by atoms with Crippen molar-refractivity contribution in [1.82, 2.24) is 0 Å². The molecule has 1 heterocycles. The smallest absolute Gasteiger partial charge is 0.247 e. The maximum absolute atomic E-state index is 12.8. The normalized spacial score (nSPS) is 24.4. The van der Waals surface area contributed by atoms with Gasteiger partial charge in [0.15, 0.2) is 0 Å². The third-order valence-corrected chi connectivity index (χ3v) is 5.25. The number of anilines is 1. The minimum atomic E-state index is -0.604. The van der Waals surface area contributed by atoms with Crippen molar-refractivity contribution < 1.29 is 4.79 Å². The Hall–Kier alpha value is -1.06. The van der Waals surface area contributed by atoms with Gasteiger partial charge in [-0.3, -0.25) is 4.79 Å². The van der Waals surface area contributed by atoms with Crippen molar-refractivity contribution in [2.75, 3.05) is 11.4 Å². The lowest BCUT2D eigenvalue weighted by Crippen LogP contribution is -2.53. The number of rotatable bonds is 1. The number of hydrogen-bond acceptors (Lipinski definition) is 2. The number of benzene rings is 1. The molecule has 0 aromatic heterocycles. The van der Waals surface area contributed by atoms with Crippen LogP contribution < -0.4 is 10.6 Å². The molecule has 0 radical (unpaired) electrons. The minimum absolute atomic E-state index is 0. The standard InChI is InChI=1S/C16H20N2O.ClH/c17-16(7-3-4-8-16)14(19)18-11-15(9-10-15)12-5-1-2-6-13(12)18;/h1-2,5-6H,3-4,7-11,17H2;1H. The van der Waals surface area contributed by atoms with E-state index in [0.29, 0.717) is 0 Å². The number of carbonyl (C=O) groups is 1. The maximum Gasteiger partial charge on any atom is 0.247 e. The summed E-state index contributed by atoms with van der Waals surface area (Å²) in [6.07, 6.45) is 6.29. The van der Waals surface area contributed by atoms with Crippen LogP contribution >= 0.6 is 12.4 Å². The Bertz CT molecular complexity index is 547. The lowest BCUT2D eigenvalue weighted by molar-refractivity contribution is -0.123. The molecule has 108 valence electrons. The van der Waals surface area contributed by atoms with E-state index in [2.05, 4.69) is 18.2 Å². The Morgan fingerprint density at radius 1 is 1.10 bits per heavy atom. The van der Waals surface area contributed by atoms with Crippen LogP contribution in [0.1, 0.15) is 44.1 Å². The number of para-hydroxylation sites is 1. The summed E-state index contributed by atoms with van der Waals surface area (Å²) in [5.41, 5.74) is 8.50. The second-order valence-corrected chi connectivity index (χ2v) is 6.55. The molecule has 20 heavy (non-hydrogen) atoms. The molecule has 4 heteroatoms. The van der Waals surface area contributed by atoms with Crippen LogP contribution in [0, 0.1) is 0 Å². The monoisotopic (exact) mass is 292 g/mol. The van der Waals surface area contributed by atoms with Crippen molar-refractivity contribution in [2.45, 2.75) is 49.5 Å². The predicted octanol–water partition coefficient (Wildman–Crippen LogP) is 2.76. The van der Waals surface area contributed by atoms with E-state index < -0.39 is 5.54 Å². The summed E-state index contributed by atoms with van der Waals surface area (Å²) in [5.74, 6) is 0.154. The molecule has 1 aromatic carbocycles. The molecule has 0 bridgehead atoms. The summed E-state index contributed by atoms with van der Waals surface area (Å²) in [6, 6.07) is 8.38. The van der Waals surface area contributed by atoms with Gasteiger partial charge >= 0.3 is 0 Å². The fourth-order valence-electron chi connectivity index (χ4n) is 3.88. The van der Waals surface area contributed by atoms with Crippen LogP contribution in [0.5, 0.6) is 0 Å². The first-order valence-corrected chi connectivity index (χ1v) is 7.35. The van der Waals surface area contributed by atoms with Gasteiger partial charge in [0.2, 0.25) is 5.91 Å². The molecule has 2 fully saturated rings. The van der Waals surface area contributed by atoms with Crippen molar-refractivity contribution in [1.29, 1.82) is 0 Å². The van der Waals surface area contributed by atoms with Crippen molar-refractivity contribution in [3.8, 4) is 0 Å². The zero-order chi connectivity index (χ0) is 13.1. The third kappa shape index (κ3) is 1.80. The Kier molecular flexibility index (Phi) is 3.11. The van der Waals surface area contributed by atoms with Gasteiger partial charge in [0, 0.05) is 17.6 Å². The molecular weight excluding hydrogens is 272 g/mol. The highest BCUT2D eigenvalue weighted by Gasteiger charge is 2.54. The van der Waals surface area contributed by atoms with Crippen molar-refractivity contribution >= 4 is 24.0 Å². The molecule has 0 unspecified atom stereocenters. The summed E-state index contributed by atoms with van der Waals surface area (Å²) >= 11 is 0. The quantitative estimate of drug-likeness (QED) is 0.865. The Labute approximate surface area is 125 Å². The molecule has 0 atom stereocenters. The summed E-state index contributed by atoms with van der Waals surface area (Å²) in [4.78, 5) is 14.8. The van der Waals surface area contributed by atoms with E-state index in [1.54, 1.807) is 0 Å². The molecule has 1 amide bonds. The largest absolute Gasteiger partial charge is 0.317 e. The van der Waals surface area contributed by atoms with Gasteiger partial charge < -0.3 is 10.6 Å². The molecule has 2 saturated carbocycles. The van der Waals surface area contributed by atoms with E-state index in [0.717, 1.165) is 37.9 Å². The average molecular weight is 293 g/mol. The molecule has 4 rings (SSSR count). The van der Waals surface area contributed by atoms with E-state index in [1.807, 2.05) is 11.0 Å². The summed E-state index contributed by atoms with van der Waals surface area (Å²) in [5, 5.41) is 0. The van der Waals surface area contributed by atoms with Crippen LogP contribution in [0.4, 0.5) is 5.69 Å². The Morgan fingerprint density at radius 2 is 1.75 bits per heavy atom. The van der Waals surface area contributed by atoms with Gasteiger partial charge in [-0.25, -0.2) is 0 Å². The number of nitrogens with two attached hydrogens (primary N) is 1. The van der Waals surface area contributed by atoms with E-state index in [-0.39, 0.29) is 23.7 Å². The molecule has 2 N–H and O–H groups in total. The van der Waals surface area contributed by atoms with Crippen LogP contribution in [0.15, 0.2) is 24.3 Å². The number of carbonyl (C=O) groups excluding carboxylic acids is 1. The highest BCUT2D eigenvalue weighted by molar-refractivity contribution is 6.02. The molecule has 0 saturated heterocycles. The third-order valence-electron chi connectivity index (χ3n) is 5.25. The number of fused-ring (bicyclic) bond motifs is 2. The topological polar surface area (TPSA) is 46.3 Å². The van der Waals surface area contributed by atoms with Gasteiger partial charge in [-0.05, 0) is 37.3 Å². The van der Waals surface area contributed by atoms with Crippen molar-refractivity contribution in [3.63, 3.8) is 0 Å². The van der Waals surface area contributed by atoms with Crippen LogP contribution in [-0.4, -0.2) is 18.0 Å². The van der Waals surface area contributed by atoms with Crippen LogP contribution in [0.2, 0.25) is 0 Å². The lowest BCUT2D eigenvalue weighted by atomic mass is 9.97. The van der Waals surface area contributed by atoms with E-state index in [1.165, 1.54) is 18.4 Å². The zero-order valence-electron chi connectivity index (χ0n) is 11.6. The van der Waals surface area contributed by atoms with Crippen molar-refractivity contribution in [2.24, 2.45) is 5.73 Å². The van der Waals surface area contributed by atoms with Crippen LogP contribution in [-0.2, 0) is 10.2 Å². The van der Waals surface area contributed by atoms with Gasteiger partial charge in [0.1, 0.15) is 0 Å². The first-order chi connectivity index (χ1) is 9.15. The zero-order valence-corrected chi connectivity index (χ0v) is 12.4. The van der Waals surface area contributed by atoms with Gasteiger partial charge in [0.25, 0.3) is 0 Å². The molecule has 1 spiro atoms. The van der Waals surface area contributed by atoms with E-state index >= 15 is 0 Å². The summed E-state index contributed by atoms with van der Waals surface area (Å²) in [7, 11) is 0. The molecule has 3 nitrogen and oxygen atoms in total. The summed E-state index contributed by atoms with van der Waals surface area (Å²) in [6.45, 7) is 0.851. The summed E-state index contributed by atoms with van der Waals surface area (Å²) < 4.78 is 0. The molecular formula is C16H21ClN2O. The van der Waals surface area contributed by atoms with Gasteiger partial charge in [-0.1, -0.05) is 31.0 Å². The highest BCUT2D eigenvalue weighted by atomic mass is 35.5. The number of nitrogens with zero attached hydrogens (tertiary/aromatic N) is 1. The van der Waals surface area contributed by atoms with Crippen LogP contribution in [0.3, 0.4) is 0 Å². The van der Waals surface area contributed by atoms with E-state index in [9.17, 15) is 4.79 Å². The lowest BCUT2D eigenvalue weighted by Gasteiger charge is -2.29. The molecule has 1 aromatic rings. The Balaban J connectivity index is 0.00000121. The maximum atomic E-state index is 12.8. The first kappa shape index (κ1) is 13.9. The van der Waals surface area contributed by atoms with Gasteiger partial charge in [0.05, 0.1) is 5.54 Å².